The van der Waals surface area contributed by atoms with E-state index in [1.54, 1.807) is 12.1 Å². The highest BCUT2D eigenvalue weighted by Gasteiger charge is 2.22. The van der Waals surface area contributed by atoms with Crippen molar-refractivity contribution in [1.29, 1.82) is 0 Å². The summed E-state index contributed by atoms with van der Waals surface area (Å²) in [6.45, 7) is 4.21. The van der Waals surface area contributed by atoms with Crippen molar-refractivity contribution in [3.63, 3.8) is 0 Å². The lowest BCUT2D eigenvalue weighted by Gasteiger charge is -2.23. The van der Waals surface area contributed by atoms with Crippen molar-refractivity contribution in [2.75, 3.05) is 0 Å². The number of aromatic hydroxyl groups is 1. The van der Waals surface area contributed by atoms with Gasteiger partial charge in [-0.25, -0.2) is 0 Å². The van der Waals surface area contributed by atoms with Crippen molar-refractivity contribution in [2.24, 2.45) is 11.7 Å². The van der Waals surface area contributed by atoms with Crippen LogP contribution in [0.1, 0.15) is 31.0 Å². The highest BCUT2D eigenvalue weighted by Crippen LogP contribution is 2.31. The highest BCUT2D eigenvalue weighted by molar-refractivity contribution is 5.42. The first-order chi connectivity index (χ1) is 10.5. The number of aliphatic hydroxyl groups is 1. The molecule has 0 saturated carbocycles. The van der Waals surface area contributed by atoms with Gasteiger partial charge in [0, 0.05) is 11.6 Å². The molecule has 4 heteroatoms. The molecule has 0 aliphatic carbocycles. The molecule has 0 bridgehead atoms. The third-order valence-corrected chi connectivity index (χ3v) is 3.66. The van der Waals surface area contributed by atoms with Gasteiger partial charge < -0.3 is 20.7 Å². The van der Waals surface area contributed by atoms with E-state index in [0.29, 0.717) is 17.9 Å². The van der Waals surface area contributed by atoms with Crippen LogP contribution in [0.2, 0.25) is 0 Å². The van der Waals surface area contributed by atoms with E-state index in [4.69, 9.17) is 10.5 Å². The average molecular weight is 301 g/mol. The van der Waals surface area contributed by atoms with Crippen molar-refractivity contribution >= 4 is 0 Å². The Balaban J connectivity index is 2.06. The van der Waals surface area contributed by atoms with Crippen molar-refractivity contribution in [2.45, 2.75) is 32.6 Å². The van der Waals surface area contributed by atoms with Crippen molar-refractivity contribution in [3.05, 3.63) is 59.7 Å². The lowest BCUT2D eigenvalue weighted by Crippen LogP contribution is -2.30. The van der Waals surface area contributed by atoms with Crippen LogP contribution < -0.4 is 10.5 Å². The van der Waals surface area contributed by atoms with Crippen molar-refractivity contribution in [3.8, 4) is 11.5 Å². The molecule has 4 nitrogen and oxygen atoms in total. The van der Waals surface area contributed by atoms with Gasteiger partial charge in [-0.1, -0.05) is 44.2 Å². The first kappa shape index (κ1) is 16.3. The number of ether oxygens (including phenoxy) is 1. The van der Waals surface area contributed by atoms with Crippen LogP contribution in [-0.2, 0) is 6.61 Å². The van der Waals surface area contributed by atoms with Crippen LogP contribution in [0.15, 0.2) is 48.5 Å². The fraction of sp³-hybridized carbons (Fsp3) is 0.333. The molecule has 0 unspecified atom stereocenters. The molecule has 0 spiro atoms. The quantitative estimate of drug-likeness (QED) is 0.766. The molecule has 0 fully saturated rings. The minimum absolute atomic E-state index is 0.0170. The number of hydrogen-bond acceptors (Lipinski definition) is 4. The second-order valence-electron chi connectivity index (χ2n) is 5.76. The molecule has 22 heavy (non-hydrogen) atoms. The Hall–Kier alpha value is -2.04. The van der Waals surface area contributed by atoms with E-state index in [1.807, 2.05) is 44.2 Å². The smallest absolute Gasteiger partial charge is 0.124 e. The third-order valence-electron chi connectivity index (χ3n) is 3.66. The van der Waals surface area contributed by atoms with E-state index < -0.39 is 12.1 Å². The summed E-state index contributed by atoms with van der Waals surface area (Å²) in [5.41, 5.74) is 7.58. The summed E-state index contributed by atoms with van der Waals surface area (Å²) in [4.78, 5) is 0. The van der Waals surface area contributed by atoms with Crippen LogP contribution in [0, 0.1) is 5.92 Å². The maximum Gasteiger partial charge on any atom is 0.124 e. The van der Waals surface area contributed by atoms with Gasteiger partial charge in [0.1, 0.15) is 18.1 Å². The standard InChI is InChI=1S/C18H23NO3/c1-12(2)18(21)17(19)15-9-8-14(10-16(15)20)22-11-13-6-4-3-5-7-13/h3-10,12,17-18,20-21H,11,19H2,1-2H3/t17-,18+/m1/s1. The molecule has 4 N–H and O–H groups in total. The van der Waals surface area contributed by atoms with Gasteiger partial charge in [-0.05, 0) is 23.6 Å². The summed E-state index contributed by atoms with van der Waals surface area (Å²) in [5.74, 6) is 0.623. The predicted octanol–water partition coefficient (Wildman–Crippen LogP) is 2.99. The molecule has 0 heterocycles. The minimum atomic E-state index is -0.706. The zero-order valence-electron chi connectivity index (χ0n) is 12.9. The lowest BCUT2D eigenvalue weighted by atomic mass is 9.94. The van der Waals surface area contributed by atoms with E-state index in [1.165, 1.54) is 6.07 Å². The molecule has 0 saturated heterocycles. The number of nitrogens with two attached hydrogens (primary N) is 1. The van der Waals surface area contributed by atoms with Gasteiger partial charge in [0.2, 0.25) is 0 Å². The molecular formula is C18H23NO3. The van der Waals surface area contributed by atoms with Gasteiger partial charge in [-0.15, -0.1) is 0 Å². The zero-order chi connectivity index (χ0) is 16.1. The van der Waals surface area contributed by atoms with Crippen LogP contribution in [0.3, 0.4) is 0 Å². The number of aliphatic hydroxyl groups excluding tert-OH is 1. The maximum atomic E-state index is 10.1. The predicted molar refractivity (Wildman–Crippen MR) is 86.7 cm³/mol. The van der Waals surface area contributed by atoms with Gasteiger partial charge in [-0.2, -0.15) is 0 Å². The normalized spacial score (nSPS) is 13.9. The van der Waals surface area contributed by atoms with Gasteiger partial charge in [-0.3, -0.25) is 0 Å². The number of rotatable bonds is 6. The Morgan fingerprint density at radius 1 is 1.09 bits per heavy atom. The zero-order valence-corrected chi connectivity index (χ0v) is 12.9. The molecular weight excluding hydrogens is 278 g/mol. The maximum absolute atomic E-state index is 10.1. The lowest BCUT2D eigenvalue weighted by molar-refractivity contribution is 0.0969. The van der Waals surface area contributed by atoms with Crippen LogP contribution in [0.5, 0.6) is 11.5 Å². The van der Waals surface area contributed by atoms with Crippen molar-refractivity contribution < 1.29 is 14.9 Å². The Bertz CT molecular complexity index is 599. The first-order valence-corrected chi connectivity index (χ1v) is 7.42. The van der Waals surface area contributed by atoms with Crippen LogP contribution >= 0.6 is 0 Å². The fourth-order valence-electron chi connectivity index (χ4n) is 2.23. The van der Waals surface area contributed by atoms with Crippen LogP contribution in [0.4, 0.5) is 0 Å². The molecule has 118 valence electrons. The first-order valence-electron chi connectivity index (χ1n) is 7.42. The highest BCUT2D eigenvalue weighted by atomic mass is 16.5. The Morgan fingerprint density at radius 3 is 2.36 bits per heavy atom. The average Bonchev–Trinajstić information content (AvgIpc) is 2.52. The summed E-state index contributed by atoms with van der Waals surface area (Å²) in [7, 11) is 0. The number of phenols is 1. The Kier molecular flexibility index (Phi) is 5.41. The molecule has 2 aromatic carbocycles. The van der Waals surface area contributed by atoms with E-state index in [9.17, 15) is 10.2 Å². The topological polar surface area (TPSA) is 75.7 Å². The second kappa shape index (κ2) is 7.29. The number of hydrogen-bond donors (Lipinski definition) is 3. The van der Waals surface area contributed by atoms with Crippen LogP contribution in [-0.4, -0.2) is 16.3 Å². The Labute approximate surface area is 131 Å². The Morgan fingerprint density at radius 2 is 1.77 bits per heavy atom. The third kappa shape index (κ3) is 4.00. The summed E-state index contributed by atoms with van der Waals surface area (Å²) in [6, 6.07) is 14.2. The van der Waals surface area contributed by atoms with E-state index >= 15 is 0 Å². The molecule has 0 aliphatic rings. The van der Waals surface area contributed by atoms with Gasteiger partial charge in [0.15, 0.2) is 0 Å². The molecule has 0 radical (unpaired) electrons. The van der Waals surface area contributed by atoms with Crippen LogP contribution in [0.25, 0.3) is 0 Å². The monoisotopic (exact) mass is 301 g/mol. The van der Waals surface area contributed by atoms with Crippen molar-refractivity contribution in [1.82, 2.24) is 0 Å². The number of benzene rings is 2. The fourth-order valence-corrected chi connectivity index (χ4v) is 2.23. The van der Waals surface area contributed by atoms with E-state index in [2.05, 4.69) is 0 Å². The SMILES string of the molecule is CC(C)[C@H](O)[C@H](N)c1ccc(OCc2ccccc2)cc1O. The molecule has 2 rings (SSSR count). The van der Waals surface area contributed by atoms with Gasteiger partial charge in [0.25, 0.3) is 0 Å². The number of phenolic OH excluding ortho intramolecular Hbond substituents is 1. The second-order valence-corrected chi connectivity index (χ2v) is 5.76. The summed E-state index contributed by atoms with van der Waals surface area (Å²) >= 11 is 0. The summed E-state index contributed by atoms with van der Waals surface area (Å²) in [6.07, 6.45) is -0.706. The molecule has 0 aromatic heterocycles. The van der Waals surface area contributed by atoms with Gasteiger partial charge in [0.05, 0.1) is 12.1 Å². The van der Waals surface area contributed by atoms with Gasteiger partial charge >= 0.3 is 0 Å². The molecule has 2 aromatic rings. The summed E-state index contributed by atoms with van der Waals surface area (Å²) < 4.78 is 5.65. The van der Waals surface area contributed by atoms with E-state index in [0.717, 1.165) is 5.56 Å². The minimum Gasteiger partial charge on any atom is -0.507 e. The molecule has 0 amide bonds. The largest absolute Gasteiger partial charge is 0.507 e. The van der Waals surface area contributed by atoms with E-state index in [-0.39, 0.29) is 11.7 Å². The summed E-state index contributed by atoms with van der Waals surface area (Å²) in [5, 5.41) is 20.1. The molecule has 2 atom stereocenters. The molecule has 0 aliphatic heterocycles.